The first-order chi connectivity index (χ1) is 2.00. The molecule has 32 valence electrons. The van der Waals surface area contributed by atoms with Gasteiger partial charge in [-0.05, 0) is 0 Å². The predicted octanol–water partition coefficient (Wildman–Crippen LogP) is 3.54. The Labute approximate surface area is 72.8 Å². The Morgan fingerprint density at radius 3 is 0.800 bits per heavy atom. The van der Waals surface area contributed by atoms with Gasteiger partial charge in [0.15, 0.2) is 0 Å². The summed E-state index contributed by atoms with van der Waals surface area (Å²) in [5, 5.41) is 0. The molecule has 0 heterocycles. The molecule has 0 spiro atoms. The van der Waals surface area contributed by atoms with Gasteiger partial charge in [-0.1, -0.05) is 0 Å². The van der Waals surface area contributed by atoms with Crippen LogP contribution in [0.4, 0.5) is 0 Å². The summed E-state index contributed by atoms with van der Waals surface area (Å²) in [7, 11) is 0. The quantitative estimate of drug-likeness (QED) is 0.375. The zero-order chi connectivity index (χ0) is 4.50. The first-order valence-corrected chi connectivity index (χ1v) is 30.0. The van der Waals surface area contributed by atoms with Crippen molar-refractivity contribution >= 4 is 72.2 Å². The second-order valence-electron chi connectivity index (χ2n) is 0.429. The van der Waals surface area contributed by atoms with E-state index in [1.165, 1.54) is 0 Å². The maximum atomic E-state index is 2.55. The van der Waals surface area contributed by atoms with Crippen LogP contribution in [0.25, 0.3) is 0 Å². The topological polar surface area (TPSA) is 0 Å². The Hall–Kier alpha value is 3.80. The monoisotopic (exact) mass is 598 g/mol. The van der Waals surface area contributed by atoms with E-state index < -0.39 is 3.51 Å². The SMILES string of the molecule is [I][Zr]([I])([I])[I]. The van der Waals surface area contributed by atoms with Crippen molar-refractivity contribution in [2.24, 2.45) is 0 Å². The molecule has 0 aliphatic rings. The van der Waals surface area contributed by atoms with Crippen LogP contribution >= 0.6 is 72.2 Å². The summed E-state index contributed by atoms with van der Waals surface area (Å²) in [4.78, 5) is 0. The summed E-state index contributed by atoms with van der Waals surface area (Å²) in [5.74, 6) is 0. The van der Waals surface area contributed by atoms with Crippen LogP contribution in [0.3, 0.4) is 0 Å². The van der Waals surface area contributed by atoms with Crippen LogP contribution in [0.15, 0.2) is 0 Å². The third kappa shape index (κ3) is 18.2. The van der Waals surface area contributed by atoms with Gasteiger partial charge in [-0.15, -0.1) is 0 Å². The normalized spacial score (nSPS) is 12.0. The minimum absolute atomic E-state index is 1.30. The third-order valence-electron chi connectivity index (χ3n) is 0. The number of halogens is 4. The third-order valence-corrected chi connectivity index (χ3v) is 0. The van der Waals surface area contributed by atoms with E-state index in [-0.39, 0.29) is 0 Å². The minimum atomic E-state index is -1.30. The maximum absolute atomic E-state index is 2.55. The molecule has 0 unspecified atom stereocenters. The molecule has 0 saturated heterocycles. The van der Waals surface area contributed by atoms with Crippen molar-refractivity contribution in [3.05, 3.63) is 0 Å². The van der Waals surface area contributed by atoms with Crippen LogP contribution < -0.4 is 0 Å². The van der Waals surface area contributed by atoms with E-state index in [9.17, 15) is 0 Å². The number of hydrogen-bond acceptors (Lipinski definition) is 0. The molecule has 0 aliphatic heterocycles. The average Bonchev–Trinajstić information content (AvgIpc) is 0.722. The van der Waals surface area contributed by atoms with Gasteiger partial charge in [-0.3, -0.25) is 0 Å². The molecule has 0 saturated carbocycles. The number of rotatable bonds is 0. The van der Waals surface area contributed by atoms with Crippen molar-refractivity contribution in [1.29, 1.82) is 0 Å². The fourth-order valence-electron chi connectivity index (χ4n) is 0. The van der Waals surface area contributed by atoms with Gasteiger partial charge in [-0.2, -0.15) is 0 Å². The first kappa shape index (κ1) is 8.80. The van der Waals surface area contributed by atoms with Crippen LogP contribution in [-0.2, 0) is 3.51 Å². The van der Waals surface area contributed by atoms with Crippen molar-refractivity contribution in [3.63, 3.8) is 0 Å². The first-order valence-electron chi connectivity index (χ1n) is 0.756. The van der Waals surface area contributed by atoms with E-state index >= 15 is 0 Å². The average molecular weight is 599 g/mol. The predicted molar refractivity (Wildman–Crippen MR) is 56.1 cm³/mol. The zero-order valence-corrected chi connectivity index (χ0v) is 13.1. The van der Waals surface area contributed by atoms with Crippen LogP contribution in [0, 0.1) is 0 Å². The van der Waals surface area contributed by atoms with Crippen LogP contribution in [0.5, 0.6) is 0 Å². The standard InChI is InChI=1S/4HI.Zr/h4*1H;/q;;;;+4/p-4. The Bertz CT molecular complexity index is 19.1. The van der Waals surface area contributed by atoms with E-state index in [0.717, 1.165) is 0 Å². The molecule has 0 N–H and O–H groups in total. The van der Waals surface area contributed by atoms with E-state index in [1.54, 1.807) is 0 Å². The van der Waals surface area contributed by atoms with Crippen molar-refractivity contribution in [2.45, 2.75) is 0 Å². The Morgan fingerprint density at radius 1 is 0.800 bits per heavy atom. The fraction of sp³-hybridized carbons (Fsp3) is 0. The molecule has 0 radical (unpaired) electrons. The molecule has 5 heteroatoms. The van der Waals surface area contributed by atoms with Gasteiger partial charge in [0.25, 0.3) is 0 Å². The summed E-state index contributed by atoms with van der Waals surface area (Å²) in [6, 6.07) is 0. The molecule has 0 aromatic heterocycles. The van der Waals surface area contributed by atoms with Crippen molar-refractivity contribution in [2.75, 3.05) is 0 Å². The van der Waals surface area contributed by atoms with Crippen molar-refractivity contribution < 1.29 is 3.51 Å². The molecule has 0 aliphatic carbocycles. The van der Waals surface area contributed by atoms with E-state index in [0.29, 0.717) is 0 Å². The van der Waals surface area contributed by atoms with Gasteiger partial charge in [0.05, 0.1) is 0 Å². The number of hydrogen-bond donors (Lipinski definition) is 0. The van der Waals surface area contributed by atoms with Crippen LogP contribution in [-0.4, -0.2) is 0 Å². The molecule has 0 aromatic carbocycles. The Balaban J connectivity index is 3.02. The van der Waals surface area contributed by atoms with Crippen LogP contribution in [0.2, 0.25) is 0 Å². The summed E-state index contributed by atoms with van der Waals surface area (Å²) in [6.45, 7) is 0. The van der Waals surface area contributed by atoms with E-state index in [4.69, 9.17) is 0 Å². The second-order valence-corrected chi connectivity index (χ2v) is 114. The zero-order valence-electron chi connectivity index (χ0n) is 2.01. The molecular weight excluding hydrogens is 599 g/mol. The van der Waals surface area contributed by atoms with E-state index in [1.807, 2.05) is 0 Å². The summed E-state index contributed by atoms with van der Waals surface area (Å²) >= 11 is 10.2. The van der Waals surface area contributed by atoms with Crippen molar-refractivity contribution in [3.8, 4) is 0 Å². The van der Waals surface area contributed by atoms with Crippen LogP contribution in [0.1, 0.15) is 0 Å². The Morgan fingerprint density at radius 2 is 0.800 bits per heavy atom. The summed E-state index contributed by atoms with van der Waals surface area (Å²) in [5.41, 5.74) is 0. The summed E-state index contributed by atoms with van der Waals surface area (Å²) in [6.07, 6.45) is 0. The molecule has 0 aromatic rings. The fourth-order valence-corrected chi connectivity index (χ4v) is 0. The second kappa shape index (κ2) is 3.76. The van der Waals surface area contributed by atoms with Gasteiger partial charge in [0, 0.05) is 0 Å². The molecule has 0 rings (SSSR count). The van der Waals surface area contributed by atoms with E-state index in [2.05, 4.69) is 72.2 Å². The molecule has 0 fully saturated rings. The Kier molecular flexibility index (Phi) is 6.62. The van der Waals surface area contributed by atoms with Gasteiger partial charge >= 0.3 is 75.7 Å². The molecule has 0 amide bonds. The molecule has 0 nitrogen and oxygen atoms in total. The van der Waals surface area contributed by atoms with Gasteiger partial charge in [0.1, 0.15) is 0 Å². The molecular formula is I4Zr. The van der Waals surface area contributed by atoms with Gasteiger partial charge in [0.2, 0.25) is 0 Å². The molecule has 0 atom stereocenters. The summed E-state index contributed by atoms with van der Waals surface area (Å²) < 4.78 is -1.30. The van der Waals surface area contributed by atoms with Gasteiger partial charge < -0.3 is 0 Å². The van der Waals surface area contributed by atoms with Gasteiger partial charge in [-0.25, -0.2) is 0 Å². The molecule has 5 heavy (non-hydrogen) atoms. The molecule has 0 bridgehead atoms. The van der Waals surface area contributed by atoms with Crippen molar-refractivity contribution in [1.82, 2.24) is 0 Å².